The number of hydrogen-bond donors (Lipinski definition) is 0. The quantitative estimate of drug-likeness (QED) is 0.196. The molecule has 1 heterocycles. The van der Waals surface area contributed by atoms with Crippen molar-refractivity contribution >= 4 is 91.0 Å². The minimum Gasteiger partial charge on any atom is -0.488 e. The monoisotopic (exact) mass is 642 g/mol. The number of nitrogens with zero attached hydrogens (tertiary/aromatic N) is 2. The van der Waals surface area contributed by atoms with Gasteiger partial charge >= 0.3 is 0 Å². The highest BCUT2D eigenvalue weighted by Gasteiger charge is 2.34. The predicted molar refractivity (Wildman–Crippen MR) is 163 cm³/mol. The predicted octanol–water partition coefficient (Wildman–Crippen LogP) is 9.80. The SMILES string of the molecule is O=C1/C(=C/c2ccc(OCc3ccc(Cl)cc3)c(Br)c2)SC(=Nc2ccc(Cl)cc2)N1c1ccc(Cl)cc1. The van der Waals surface area contributed by atoms with Crippen molar-refractivity contribution in [3.05, 3.63) is 127 Å². The van der Waals surface area contributed by atoms with Crippen LogP contribution in [0.1, 0.15) is 11.1 Å². The number of thioether (sulfide) groups is 1. The highest BCUT2D eigenvalue weighted by molar-refractivity contribution is 9.10. The molecule has 0 spiro atoms. The lowest BCUT2D eigenvalue weighted by atomic mass is 10.2. The summed E-state index contributed by atoms with van der Waals surface area (Å²) in [6, 6.07) is 27.4. The molecule has 1 amide bonds. The van der Waals surface area contributed by atoms with E-state index in [0.29, 0.717) is 48.9 Å². The Morgan fingerprint density at radius 3 is 2.08 bits per heavy atom. The van der Waals surface area contributed by atoms with Gasteiger partial charge < -0.3 is 4.74 Å². The summed E-state index contributed by atoms with van der Waals surface area (Å²) < 4.78 is 6.73. The molecule has 190 valence electrons. The molecule has 9 heteroatoms. The van der Waals surface area contributed by atoms with E-state index in [4.69, 9.17) is 44.5 Å². The first-order valence-electron chi connectivity index (χ1n) is 11.4. The fraction of sp³-hybridized carbons (Fsp3) is 0.0345. The zero-order valence-corrected chi connectivity index (χ0v) is 24.2. The Bertz CT molecular complexity index is 1540. The van der Waals surface area contributed by atoms with Gasteiger partial charge in [0.25, 0.3) is 5.91 Å². The van der Waals surface area contributed by atoms with E-state index in [0.717, 1.165) is 15.6 Å². The summed E-state index contributed by atoms with van der Waals surface area (Å²) in [5.74, 6) is 0.518. The molecule has 0 radical (unpaired) electrons. The van der Waals surface area contributed by atoms with Gasteiger partial charge in [-0.15, -0.1) is 0 Å². The molecule has 1 saturated heterocycles. The maximum Gasteiger partial charge on any atom is 0.271 e. The van der Waals surface area contributed by atoms with E-state index in [1.165, 1.54) is 11.8 Å². The number of anilines is 1. The fourth-order valence-corrected chi connectivity index (χ4v) is 5.50. The molecule has 1 fully saturated rings. The second kappa shape index (κ2) is 12.0. The fourth-order valence-electron chi connectivity index (χ4n) is 3.61. The highest BCUT2D eigenvalue weighted by Crippen LogP contribution is 2.38. The van der Waals surface area contributed by atoms with Gasteiger partial charge in [-0.2, -0.15) is 0 Å². The topological polar surface area (TPSA) is 41.9 Å². The molecule has 38 heavy (non-hydrogen) atoms. The normalized spacial score (nSPS) is 15.5. The standard InChI is InChI=1S/C29H18BrCl3N2O2S/c30-25-15-19(3-14-26(25)37-17-18-1-4-20(31)5-2-18)16-27-28(36)35(24-12-8-22(33)9-13-24)29(38-27)34-23-10-6-21(32)7-11-23/h1-16H,17H2/b27-16-,34-29?. The van der Waals surface area contributed by atoms with Crippen molar-refractivity contribution in [3.8, 4) is 5.75 Å². The zero-order chi connectivity index (χ0) is 26.6. The molecule has 0 atom stereocenters. The Morgan fingerprint density at radius 2 is 1.45 bits per heavy atom. The second-order valence-electron chi connectivity index (χ2n) is 8.20. The first kappa shape index (κ1) is 26.9. The van der Waals surface area contributed by atoms with Crippen molar-refractivity contribution in [2.45, 2.75) is 6.61 Å². The van der Waals surface area contributed by atoms with Crippen LogP contribution in [0.25, 0.3) is 6.08 Å². The smallest absolute Gasteiger partial charge is 0.271 e. The lowest BCUT2D eigenvalue weighted by Gasteiger charge is -2.15. The first-order valence-corrected chi connectivity index (χ1v) is 14.1. The van der Waals surface area contributed by atoms with E-state index in [2.05, 4.69) is 15.9 Å². The summed E-state index contributed by atoms with van der Waals surface area (Å²) in [6.07, 6.45) is 1.84. The largest absolute Gasteiger partial charge is 0.488 e. The number of rotatable bonds is 6. The average molecular weight is 645 g/mol. The van der Waals surface area contributed by atoms with Gasteiger partial charge in [0.1, 0.15) is 12.4 Å². The van der Waals surface area contributed by atoms with Gasteiger partial charge in [-0.1, -0.05) is 53.0 Å². The van der Waals surface area contributed by atoms with Gasteiger partial charge in [-0.05, 0) is 118 Å². The lowest BCUT2D eigenvalue weighted by molar-refractivity contribution is -0.113. The Hall–Kier alpha value is -2.74. The van der Waals surface area contributed by atoms with Gasteiger partial charge in [0.2, 0.25) is 0 Å². The van der Waals surface area contributed by atoms with E-state index < -0.39 is 0 Å². The molecular weight excluding hydrogens is 627 g/mol. The Morgan fingerprint density at radius 1 is 0.842 bits per heavy atom. The van der Waals surface area contributed by atoms with Crippen molar-refractivity contribution in [2.75, 3.05) is 4.90 Å². The van der Waals surface area contributed by atoms with E-state index in [9.17, 15) is 4.79 Å². The maximum atomic E-state index is 13.5. The van der Waals surface area contributed by atoms with Gasteiger partial charge in [0.05, 0.1) is 20.8 Å². The van der Waals surface area contributed by atoms with Crippen LogP contribution in [0.2, 0.25) is 15.1 Å². The van der Waals surface area contributed by atoms with Crippen molar-refractivity contribution < 1.29 is 9.53 Å². The average Bonchev–Trinajstić information content (AvgIpc) is 3.20. The van der Waals surface area contributed by atoms with Crippen molar-refractivity contribution in [1.82, 2.24) is 0 Å². The minimum absolute atomic E-state index is 0.177. The number of carbonyl (C=O) groups is 1. The van der Waals surface area contributed by atoms with Crippen molar-refractivity contribution in [2.24, 2.45) is 4.99 Å². The van der Waals surface area contributed by atoms with E-state index in [1.807, 2.05) is 60.7 Å². The third-order valence-corrected chi connectivity index (χ3v) is 7.85. The summed E-state index contributed by atoms with van der Waals surface area (Å²) in [4.78, 5) is 20.4. The van der Waals surface area contributed by atoms with Crippen LogP contribution in [0, 0.1) is 0 Å². The number of benzene rings is 4. The first-order chi connectivity index (χ1) is 18.4. The summed E-state index contributed by atoms with van der Waals surface area (Å²) >= 11 is 23.0. The Labute approximate surface area is 248 Å². The highest BCUT2D eigenvalue weighted by atomic mass is 79.9. The van der Waals surface area contributed by atoms with E-state index >= 15 is 0 Å². The third-order valence-electron chi connectivity index (χ3n) is 5.50. The van der Waals surface area contributed by atoms with Crippen LogP contribution < -0.4 is 9.64 Å². The minimum atomic E-state index is -0.177. The number of amides is 1. The Kier molecular flexibility index (Phi) is 8.46. The molecule has 0 N–H and O–H groups in total. The van der Waals surface area contributed by atoms with Crippen LogP contribution >= 0.6 is 62.5 Å². The number of amidine groups is 1. The summed E-state index contributed by atoms with van der Waals surface area (Å²) in [5, 5.41) is 2.42. The summed E-state index contributed by atoms with van der Waals surface area (Å²) in [5.41, 5.74) is 3.22. The molecule has 4 aromatic carbocycles. The van der Waals surface area contributed by atoms with Gasteiger partial charge in [0, 0.05) is 15.1 Å². The molecule has 0 saturated carbocycles. The molecule has 1 aliphatic rings. The number of halogens is 4. The maximum absolute atomic E-state index is 13.5. The number of hydrogen-bond acceptors (Lipinski definition) is 4. The summed E-state index contributed by atoms with van der Waals surface area (Å²) in [6.45, 7) is 0.408. The number of ether oxygens (including phenoxy) is 1. The molecule has 4 aromatic rings. The van der Waals surface area contributed by atoms with Gasteiger partial charge in [-0.25, -0.2) is 4.99 Å². The molecule has 0 aliphatic carbocycles. The van der Waals surface area contributed by atoms with Gasteiger partial charge in [0.15, 0.2) is 5.17 Å². The Balaban J connectivity index is 1.41. The van der Waals surface area contributed by atoms with Crippen LogP contribution in [0.4, 0.5) is 11.4 Å². The molecule has 4 nitrogen and oxygen atoms in total. The number of carbonyl (C=O) groups excluding carboxylic acids is 1. The van der Waals surface area contributed by atoms with Crippen LogP contribution in [-0.4, -0.2) is 11.1 Å². The van der Waals surface area contributed by atoms with Crippen LogP contribution in [0.15, 0.2) is 105 Å². The summed E-state index contributed by atoms with van der Waals surface area (Å²) in [7, 11) is 0. The third kappa shape index (κ3) is 6.45. The van der Waals surface area contributed by atoms with Crippen molar-refractivity contribution in [3.63, 3.8) is 0 Å². The van der Waals surface area contributed by atoms with E-state index in [1.54, 1.807) is 41.3 Å². The molecule has 0 aromatic heterocycles. The molecule has 0 bridgehead atoms. The molecule has 5 rings (SSSR count). The van der Waals surface area contributed by atoms with E-state index in [-0.39, 0.29) is 5.91 Å². The second-order valence-corrected chi connectivity index (χ2v) is 11.4. The number of aliphatic imine (C=N–C) groups is 1. The van der Waals surface area contributed by atoms with Crippen LogP contribution in [0.5, 0.6) is 5.75 Å². The molecule has 0 unspecified atom stereocenters. The molecular formula is C29H18BrCl3N2O2S. The van der Waals surface area contributed by atoms with Crippen molar-refractivity contribution in [1.29, 1.82) is 0 Å². The van der Waals surface area contributed by atoms with Crippen LogP contribution in [-0.2, 0) is 11.4 Å². The lowest BCUT2D eigenvalue weighted by Crippen LogP contribution is -2.28. The van der Waals surface area contributed by atoms with Gasteiger partial charge in [-0.3, -0.25) is 9.69 Å². The zero-order valence-electron chi connectivity index (χ0n) is 19.6. The molecule has 1 aliphatic heterocycles. The van der Waals surface area contributed by atoms with Crippen LogP contribution in [0.3, 0.4) is 0 Å².